The fourth-order valence-electron chi connectivity index (χ4n) is 4.39. The first-order valence-electron chi connectivity index (χ1n) is 10.5. The van der Waals surface area contributed by atoms with Crippen molar-refractivity contribution in [1.82, 2.24) is 9.97 Å². The summed E-state index contributed by atoms with van der Waals surface area (Å²) in [6.07, 6.45) is 1.72. The van der Waals surface area contributed by atoms with Crippen LogP contribution in [0, 0.1) is 16.8 Å². The summed E-state index contributed by atoms with van der Waals surface area (Å²) in [5.74, 6) is -1.70. The maximum absolute atomic E-state index is 14.5. The van der Waals surface area contributed by atoms with Gasteiger partial charge in [0.2, 0.25) is 11.3 Å². The fourth-order valence-corrected chi connectivity index (χ4v) is 4.55. The zero-order valence-electron chi connectivity index (χ0n) is 17.8. The van der Waals surface area contributed by atoms with E-state index < -0.39 is 28.9 Å². The van der Waals surface area contributed by atoms with E-state index in [-0.39, 0.29) is 34.9 Å². The van der Waals surface area contributed by atoms with E-state index in [1.54, 1.807) is 24.3 Å². The van der Waals surface area contributed by atoms with Gasteiger partial charge in [-0.1, -0.05) is 23.7 Å². The van der Waals surface area contributed by atoms with E-state index in [1.807, 2.05) is 0 Å². The molecule has 0 radical (unpaired) electrons. The second-order valence-corrected chi connectivity index (χ2v) is 8.57. The number of amides is 1. The molecule has 0 spiro atoms. The predicted octanol–water partition coefficient (Wildman–Crippen LogP) is 4.58. The lowest BCUT2D eigenvalue weighted by Crippen LogP contribution is -2.42. The van der Waals surface area contributed by atoms with Gasteiger partial charge in [0.1, 0.15) is 11.6 Å². The van der Waals surface area contributed by atoms with Crippen LogP contribution in [0.2, 0.25) is 5.02 Å². The van der Waals surface area contributed by atoms with Gasteiger partial charge in [0.25, 0.3) is 0 Å². The highest BCUT2D eigenvalue weighted by Gasteiger charge is 2.48. The fraction of sp³-hybridized carbons (Fsp3) is 0.125. The van der Waals surface area contributed by atoms with E-state index in [2.05, 4.69) is 15.3 Å². The Bertz CT molecular complexity index is 1480. The van der Waals surface area contributed by atoms with Gasteiger partial charge in [-0.25, -0.2) is 18.6 Å². The Morgan fingerprint density at radius 2 is 1.94 bits per heavy atom. The number of aliphatic hydroxyl groups is 1. The van der Waals surface area contributed by atoms with Crippen molar-refractivity contribution in [3.8, 4) is 22.4 Å². The minimum Gasteiger partial charge on any atom is -0.618 e. The number of aromatic amines is 1. The highest BCUT2D eigenvalue weighted by Crippen LogP contribution is 2.41. The zero-order chi connectivity index (χ0) is 24.9. The summed E-state index contributed by atoms with van der Waals surface area (Å²) in [6, 6.07) is 10.1. The number of carboxylic acid groups (broad SMARTS) is 1. The van der Waals surface area contributed by atoms with Crippen molar-refractivity contribution in [2.75, 3.05) is 5.32 Å². The van der Waals surface area contributed by atoms with Crippen molar-refractivity contribution < 1.29 is 28.5 Å². The van der Waals surface area contributed by atoms with Crippen molar-refractivity contribution >= 4 is 23.4 Å². The maximum Gasteiger partial charge on any atom is 0.409 e. The van der Waals surface area contributed by atoms with Crippen LogP contribution in [0.15, 0.2) is 54.9 Å². The molecule has 2 heterocycles. The second kappa shape index (κ2) is 8.33. The highest BCUT2D eigenvalue weighted by atomic mass is 35.5. The molecule has 4 N–H and O–H groups in total. The predicted molar refractivity (Wildman–Crippen MR) is 123 cm³/mol. The van der Waals surface area contributed by atoms with Gasteiger partial charge in [-0.2, -0.15) is 4.73 Å². The van der Waals surface area contributed by atoms with Crippen molar-refractivity contribution in [3.63, 3.8) is 0 Å². The van der Waals surface area contributed by atoms with Crippen LogP contribution in [0.3, 0.4) is 0 Å². The first-order valence-corrected chi connectivity index (χ1v) is 10.8. The number of nitrogens with zero attached hydrogens (tertiary/aromatic N) is 2. The number of hydrogen-bond acceptors (Lipinski definition) is 4. The Labute approximate surface area is 202 Å². The molecule has 1 atom stereocenters. The summed E-state index contributed by atoms with van der Waals surface area (Å²) in [5, 5.41) is 35.2. The molecular formula is C24H17ClF2N4O4. The Morgan fingerprint density at radius 3 is 2.66 bits per heavy atom. The molecule has 178 valence electrons. The third-order valence-electron chi connectivity index (χ3n) is 6.01. The Morgan fingerprint density at radius 1 is 1.20 bits per heavy atom. The average Bonchev–Trinajstić information content (AvgIpc) is 3.43. The minimum absolute atomic E-state index is 0.00990. The van der Waals surface area contributed by atoms with Crippen LogP contribution in [0.5, 0.6) is 0 Å². The standard InChI is InChI=1S/C24H17ClF2N4O4/c25-16-5-6-17(26)19(20(16)27)14-9-13-7-8-24(34,21(13)31(35)11-14)22-28-10-18(30-22)12-1-3-15(4-2-12)29-23(32)33/h1-6,9-11,29,34H,7-8H2,(H,28,30)(H,32,33). The van der Waals surface area contributed by atoms with Crippen molar-refractivity contribution in [1.29, 1.82) is 0 Å². The molecular weight excluding hydrogens is 482 g/mol. The molecule has 5 rings (SSSR count). The van der Waals surface area contributed by atoms with Crippen molar-refractivity contribution in [3.05, 3.63) is 93.8 Å². The number of carbonyl (C=O) groups is 1. The van der Waals surface area contributed by atoms with Crippen LogP contribution in [0.1, 0.15) is 23.5 Å². The molecule has 1 unspecified atom stereocenters. The van der Waals surface area contributed by atoms with E-state index in [4.69, 9.17) is 16.7 Å². The molecule has 0 fully saturated rings. The molecule has 1 aliphatic rings. The molecule has 8 nitrogen and oxygen atoms in total. The monoisotopic (exact) mass is 498 g/mol. The van der Waals surface area contributed by atoms with Crippen LogP contribution in [-0.2, 0) is 12.0 Å². The number of fused-ring (bicyclic) bond motifs is 1. The van der Waals surface area contributed by atoms with Gasteiger partial charge in [-0.3, -0.25) is 5.32 Å². The van der Waals surface area contributed by atoms with Gasteiger partial charge in [-0.15, -0.1) is 0 Å². The van der Waals surface area contributed by atoms with Crippen molar-refractivity contribution in [2.45, 2.75) is 18.4 Å². The van der Waals surface area contributed by atoms with Crippen LogP contribution >= 0.6 is 11.6 Å². The number of imidazole rings is 1. The van der Waals surface area contributed by atoms with Gasteiger partial charge in [0.15, 0.2) is 12.0 Å². The number of aryl methyl sites for hydroxylation is 1. The molecule has 0 aliphatic heterocycles. The number of halogens is 3. The summed E-state index contributed by atoms with van der Waals surface area (Å²) in [4.78, 5) is 18.1. The van der Waals surface area contributed by atoms with Crippen LogP contribution in [0.4, 0.5) is 19.3 Å². The van der Waals surface area contributed by atoms with E-state index in [0.29, 0.717) is 27.2 Å². The number of rotatable bonds is 4. The SMILES string of the molecule is O=C(O)Nc1ccc(-c2cnc(C3(O)CCc4cc(-c5c(F)ccc(Cl)c5F)c[n+]([O-])c43)[nH]2)cc1. The summed E-state index contributed by atoms with van der Waals surface area (Å²) < 4.78 is 29.3. The lowest BCUT2D eigenvalue weighted by molar-refractivity contribution is -0.620. The van der Waals surface area contributed by atoms with E-state index >= 15 is 0 Å². The first-order chi connectivity index (χ1) is 16.7. The number of benzene rings is 2. The topological polar surface area (TPSA) is 125 Å². The number of aromatic nitrogens is 3. The zero-order valence-corrected chi connectivity index (χ0v) is 18.6. The van der Waals surface area contributed by atoms with E-state index in [1.165, 1.54) is 12.3 Å². The molecule has 0 saturated heterocycles. The van der Waals surface area contributed by atoms with Crippen molar-refractivity contribution in [2.24, 2.45) is 0 Å². The molecule has 1 amide bonds. The molecule has 0 saturated carbocycles. The number of nitrogens with one attached hydrogen (secondary N) is 2. The minimum atomic E-state index is -1.75. The Balaban J connectivity index is 1.50. The summed E-state index contributed by atoms with van der Waals surface area (Å²) in [6.45, 7) is 0. The van der Waals surface area contributed by atoms with E-state index in [0.717, 1.165) is 18.3 Å². The first kappa shape index (κ1) is 22.8. The molecule has 11 heteroatoms. The molecule has 1 aliphatic carbocycles. The normalized spacial score (nSPS) is 16.8. The van der Waals surface area contributed by atoms with Gasteiger partial charge in [0, 0.05) is 11.3 Å². The number of pyridine rings is 1. The van der Waals surface area contributed by atoms with Gasteiger partial charge >= 0.3 is 6.09 Å². The number of hydrogen-bond donors (Lipinski definition) is 4. The quantitative estimate of drug-likeness (QED) is 0.186. The highest BCUT2D eigenvalue weighted by molar-refractivity contribution is 6.31. The van der Waals surface area contributed by atoms with Gasteiger partial charge < -0.3 is 20.4 Å². The average molecular weight is 499 g/mol. The molecule has 4 aromatic rings. The lowest BCUT2D eigenvalue weighted by Gasteiger charge is -2.20. The lowest BCUT2D eigenvalue weighted by atomic mass is 9.98. The summed E-state index contributed by atoms with van der Waals surface area (Å²) in [5.41, 5.74) is -0.0897. The molecule has 35 heavy (non-hydrogen) atoms. The number of H-pyrrole nitrogens is 1. The van der Waals surface area contributed by atoms with Crippen LogP contribution < -0.4 is 10.0 Å². The number of anilines is 1. The van der Waals surface area contributed by atoms with E-state index in [9.17, 15) is 23.9 Å². The maximum atomic E-state index is 14.5. The van der Waals surface area contributed by atoms with Gasteiger partial charge in [0.05, 0.1) is 28.0 Å². The molecule has 2 aromatic heterocycles. The third kappa shape index (κ3) is 3.86. The summed E-state index contributed by atoms with van der Waals surface area (Å²) >= 11 is 5.79. The molecule has 2 aromatic carbocycles. The molecule has 0 bridgehead atoms. The van der Waals surface area contributed by atoms with Crippen LogP contribution in [-0.4, -0.2) is 26.3 Å². The Hall–Kier alpha value is -4.02. The van der Waals surface area contributed by atoms with Gasteiger partial charge in [-0.05, 0) is 48.7 Å². The van der Waals surface area contributed by atoms with Crippen LogP contribution in [0.25, 0.3) is 22.4 Å². The second-order valence-electron chi connectivity index (χ2n) is 8.16. The Kier molecular flexibility index (Phi) is 5.42. The smallest absolute Gasteiger partial charge is 0.409 e. The largest absolute Gasteiger partial charge is 0.618 e. The third-order valence-corrected chi connectivity index (χ3v) is 6.30. The summed E-state index contributed by atoms with van der Waals surface area (Å²) in [7, 11) is 0.